The minimum absolute atomic E-state index is 0.109. The monoisotopic (exact) mass is 486 g/mol. The second kappa shape index (κ2) is 17.9. The van der Waals surface area contributed by atoms with E-state index in [2.05, 4.69) is 19.1 Å². The molecule has 0 saturated heterocycles. The van der Waals surface area contributed by atoms with Gasteiger partial charge in [0.05, 0.1) is 45.7 Å². The number of phosphoric ester groups is 1. The Morgan fingerprint density at radius 2 is 1.56 bits per heavy atom. The van der Waals surface area contributed by atoms with Crippen molar-refractivity contribution in [2.45, 2.75) is 39.9 Å². The molecule has 0 fully saturated rings. The number of carbonyl (C=O) groups is 3. The summed E-state index contributed by atoms with van der Waals surface area (Å²) < 4.78 is 46.1. The topological polar surface area (TPSA) is 168 Å². The van der Waals surface area contributed by atoms with Gasteiger partial charge >= 0.3 is 11.9 Å². The molecule has 0 radical (unpaired) electrons. The Hall–Kier alpha value is -1.60. The Bertz CT molecular complexity index is 601. The standard InChI is InChI=1S/C18H34NO12P/c1-14(2)27-10-9-25-7-8-26-13-18(22)19-5-6-29-32(23,24)30-12-17(31-16(4)21)11-28-15(3)20/h14,17H,5-13H2,1-4H3,(H,19,22)(H,23,24)/p-1/t17-/m1/s1. The maximum absolute atomic E-state index is 11.7. The van der Waals surface area contributed by atoms with Crippen molar-refractivity contribution in [1.29, 1.82) is 0 Å². The fourth-order valence-electron chi connectivity index (χ4n) is 1.90. The van der Waals surface area contributed by atoms with Gasteiger partial charge in [0.15, 0.2) is 6.10 Å². The molecule has 0 aromatic heterocycles. The van der Waals surface area contributed by atoms with Crippen LogP contribution < -0.4 is 10.2 Å². The van der Waals surface area contributed by atoms with Gasteiger partial charge in [-0.05, 0) is 13.8 Å². The number of carbonyl (C=O) groups excluding carboxylic acids is 3. The van der Waals surface area contributed by atoms with Gasteiger partial charge in [-0.25, -0.2) is 0 Å². The summed E-state index contributed by atoms with van der Waals surface area (Å²) in [5, 5.41) is 2.41. The molecule has 0 aliphatic rings. The largest absolute Gasteiger partial charge is 0.756 e. The van der Waals surface area contributed by atoms with Crippen molar-refractivity contribution in [2.24, 2.45) is 0 Å². The highest BCUT2D eigenvalue weighted by Crippen LogP contribution is 2.38. The number of ether oxygens (including phenoxy) is 5. The molecule has 0 rings (SSSR count). The van der Waals surface area contributed by atoms with Gasteiger partial charge in [-0.2, -0.15) is 0 Å². The summed E-state index contributed by atoms with van der Waals surface area (Å²) in [7, 11) is -4.73. The number of hydrogen-bond acceptors (Lipinski definition) is 12. The molecular weight excluding hydrogens is 453 g/mol. The first-order valence-corrected chi connectivity index (χ1v) is 11.4. The fraction of sp³-hybridized carbons (Fsp3) is 0.833. The normalized spacial score (nSPS) is 13.9. The molecule has 1 unspecified atom stereocenters. The number of hydrogen-bond donors (Lipinski definition) is 1. The molecule has 0 heterocycles. The Balaban J connectivity index is 3.90. The van der Waals surface area contributed by atoms with Crippen LogP contribution >= 0.6 is 7.82 Å². The second-order valence-electron chi connectivity index (χ2n) is 6.54. The van der Waals surface area contributed by atoms with Gasteiger partial charge < -0.3 is 42.9 Å². The van der Waals surface area contributed by atoms with Crippen LogP contribution in [0.3, 0.4) is 0 Å². The third-order valence-corrected chi connectivity index (χ3v) is 4.15. The van der Waals surface area contributed by atoms with Crippen LogP contribution in [0, 0.1) is 0 Å². The molecule has 14 heteroatoms. The van der Waals surface area contributed by atoms with Crippen molar-refractivity contribution in [2.75, 3.05) is 59.4 Å². The first-order valence-electron chi connectivity index (χ1n) is 9.96. The van der Waals surface area contributed by atoms with Crippen LogP contribution in [-0.2, 0) is 51.7 Å². The maximum atomic E-state index is 11.7. The quantitative estimate of drug-likeness (QED) is 0.142. The smallest absolute Gasteiger partial charge is 0.303 e. The highest BCUT2D eigenvalue weighted by atomic mass is 31.2. The van der Waals surface area contributed by atoms with Crippen LogP contribution in [0.4, 0.5) is 0 Å². The Kier molecular flexibility index (Phi) is 17.0. The van der Waals surface area contributed by atoms with Crippen LogP contribution in [0.15, 0.2) is 0 Å². The lowest BCUT2D eigenvalue weighted by molar-refractivity contribution is -0.228. The van der Waals surface area contributed by atoms with E-state index in [4.69, 9.17) is 18.9 Å². The van der Waals surface area contributed by atoms with E-state index in [0.29, 0.717) is 19.8 Å². The lowest BCUT2D eigenvalue weighted by Crippen LogP contribution is -2.32. The molecule has 188 valence electrons. The average molecular weight is 486 g/mol. The van der Waals surface area contributed by atoms with Gasteiger partial charge in [0.1, 0.15) is 13.2 Å². The second-order valence-corrected chi connectivity index (χ2v) is 7.96. The molecule has 0 aromatic carbocycles. The Labute approximate surface area is 187 Å². The van der Waals surface area contributed by atoms with Gasteiger partial charge in [-0.15, -0.1) is 0 Å². The summed E-state index contributed by atoms with van der Waals surface area (Å²) in [5.41, 5.74) is 0. The van der Waals surface area contributed by atoms with Crippen molar-refractivity contribution in [3.63, 3.8) is 0 Å². The molecule has 32 heavy (non-hydrogen) atoms. The van der Waals surface area contributed by atoms with E-state index in [1.165, 1.54) is 0 Å². The number of nitrogens with one attached hydrogen (secondary N) is 1. The van der Waals surface area contributed by atoms with E-state index in [-0.39, 0.29) is 39.1 Å². The fourth-order valence-corrected chi connectivity index (χ4v) is 2.64. The lowest BCUT2D eigenvalue weighted by atomic mass is 10.4. The number of amides is 1. The summed E-state index contributed by atoms with van der Waals surface area (Å²) in [6, 6.07) is 0. The summed E-state index contributed by atoms with van der Waals surface area (Å²) in [5.74, 6) is -1.80. The first kappa shape index (κ1) is 30.4. The highest BCUT2D eigenvalue weighted by Gasteiger charge is 2.19. The molecule has 13 nitrogen and oxygen atoms in total. The molecule has 0 aliphatic carbocycles. The van der Waals surface area contributed by atoms with Crippen LogP contribution in [0.5, 0.6) is 0 Å². The van der Waals surface area contributed by atoms with Gasteiger partial charge in [-0.3, -0.25) is 18.9 Å². The Morgan fingerprint density at radius 1 is 0.906 bits per heavy atom. The molecule has 0 aromatic rings. The minimum Gasteiger partial charge on any atom is -0.756 e. The van der Waals surface area contributed by atoms with Crippen molar-refractivity contribution < 1.29 is 56.6 Å². The van der Waals surface area contributed by atoms with Crippen molar-refractivity contribution in [1.82, 2.24) is 5.32 Å². The molecule has 1 N–H and O–H groups in total. The zero-order chi connectivity index (χ0) is 24.4. The minimum atomic E-state index is -4.73. The molecule has 0 saturated carbocycles. The number of phosphoric acid groups is 1. The summed E-state index contributed by atoms with van der Waals surface area (Å²) >= 11 is 0. The predicted octanol–water partition coefficient (Wildman–Crippen LogP) is -0.443. The van der Waals surface area contributed by atoms with Crippen LogP contribution in [-0.4, -0.2) is 89.5 Å². The van der Waals surface area contributed by atoms with Crippen molar-refractivity contribution >= 4 is 25.7 Å². The summed E-state index contributed by atoms with van der Waals surface area (Å²) in [6.07, 6.45) is -0.986. The summed E-state index contributed by atoms with van der Waals surface area (Å²) in [6.45, 7) is 5.83. The van der Waals surface area contributed by atoms with Crippen molar-refractivity contribution in [3.05, 3.63) is 0 Å². The first-order chi connectivity index (χ1) is 15.0. The molecular formula is C18H33NO12P-. The zero-order valence-corrected chi connectivity index (χ0v) is 19.8. The third kappa shape index (κ3) is 20.3. The number of esters is 2. The van der Waals surface area contributed by atoms with E-state index < -0.39 is 38.4 Å². The molecule has 0 spiro atoms. The van der Waals surface area contributed by atoms with E-state index in [0.717, 1.165) is 13.8 Å². The van der Waals surface area contributed by atoms with Gasteiger partial charge in [0.2, 0.25) is 5.91 Å². The van der Waals surface area contributed by atoms with Crippen LogP contribution in [0.25, 0.3) is 0 Å². The van der Waals surface area contributed by atoms with E-state index >= 15 is 0 Å². The van der Waals surface area contributed by atoms with E-state index in [1.807, 2.05) is 13.8 Å². The molecule has 2 atom stereocenters. The molecule has 1 amide bonds. The van der Waals surface area contributed by atoms with Crippen LogP contribution in [0.2, 0.25) is 0 Å². The van der Waals surface area contributed by atoms with Gasteiger partial charge in [-0.1, -0.05) is 0 Å². The highest BCUT2D eigenvalue weighted by molar-refractivity contribution is 7.45. The van der Waals surface area contributed by atoms with E-state index in [9.17, 15) is 23.8 Å². The molecule has 0 aliphatic heterocycles. The van der Waals surface area contributed by atoms with Crippen LogP contribution in [0.1, 0.15) is 27.7 Å². The van der Waals surface area contributed by atoms with E-state index in [1.54, 1.807) is 0 Å². The summed E-state index contributed by atoms with van der Waals surface area (Å²) in [4.78, 5) is 45.2. The SMILES string of the molecule is CC(=O)OC[C@H](COP(=O)([O-])OCCNC(=O)COCCOCCOC(C)C)OC(C)=O. The van der Waals surface area contributed by atoms with Gasteiger partial charge in [0, 0.05) is 20.4 Å². The predicted molar refractivity (Wildman–Crippen MR) is 107 cm³/mol. The maximum Gasteiger partial charge on any atom is 0.303 e. The zero-order valence-electron chi connectivity index (χ0n) is 18.9. The van der Waals surface area contributed by atoms with Gasteiger partial charge in [0.25, 0.3) is 7.82 Å². The number of rotatable bonds is 19. The Morgan fingerprint density at radius 3 is 2.19 bits per heavy atom. The third-order valence-electron chi connectivity index (χ3n) is 3.18. The lowest BCUT2D eigenvalue weighted by Gasteiger charge is -2.25. The van der Waals surface area contributed by atoms with Crippen molar-refractivity contribution in [3.8, 4) is 0 Å². The molecule has 0 bridgehead atoms. The average Bonchev–Trinajstić information content (AvgIpc) is 2.68.